The number of nitrogens with two attached hydrogens (primary N) is 1. The van der Waals surface area contributed by atoms with E-state index in [2.05, 4.69) is 26.1 Å². The van der Waals surface area contributed by atoms with Crippen LogP contribution in [0.3, 0.4) is 0 Å². The Hall–Kier alpha value is -0.680. The minimum absolute atomic E-state index is 0.0146. The van der Waals surface area contributed by atoms with Gasteiger partial charge in [-0.15, -0.1) is 0 Å². The second kappa shape index (κ2) is 5.02. The second-order valence-electron chi connectivity index (χ2n) is 6.73. The van der Waals surface area contributed by atoms with Crippen molar-refractivity contribution < 1.29 is 9.53 Å². The lowest BCUT2D eigenvalue weighted by molar-refractivity contribution is -0.135. The maximum atomic E-state index is 12.5. The fourth-order valence-corrected chi connectivity index (χ4v) is 3.57. The Labute approximate surface area is 120 Å². The van der Waals surface area contributed by atoms with Crippen LogP contribution in [0.5, 0.6) is 0 Å². The van der Waals surface area contributed by atoms with E-state index in [9.17, 15) is 4.79 Å². The van der Waals surface area contributed by atoms with Gasteiger partial charge in [0.2, 0.25) is 5.91 Å². The molecule has 0 aromatic heterocycles. The summed E-state index contributed by atoms with van der Waals surface area (Å²) in [7, 11) is 0. The normalized spacial score (nSPS) is 37.2. The lowest BCUT2D eigenvalue weighted by atomic mass is 9.62. The first-order valence-electron chi connectivity index (χ1n) is 7.00. The smallest absolute Gasteiger partial charge is 0.233 e. The molecule has 0 aromatic carbocycles. The highest BCUT2D eigenvalue weighted by atomic mass is 32.1. The minimum Gasteiger partial charge on any atom is -0.392 e. The number of thiocarbonyl (C=S) groups is 1. The van der Waals surface area contributed by atoms with Crippen LogP contribution in [0.25, 0.3) is 0 Å². The van der Waals surface area contributed by atoms with Gasteiger partial charge in [0.1, 0.15) is 0 Å². The van der Waals surface area contributed by atoms with E-state index in [1.165, 1.54) is 0 Å². The highest BCUT2D eigenvalue weighted by molar-refractivity contribution is 7.80. The SMILES string of the molecule is CC1CC(C(=O)NC2CCOC(C)(C)C2)(C(N)=S)C1. The van der Waals surface area contributed by atoms with Crippen molar-refractivity contribution in [1.82, 2.24) is 5.32 Å². The molecule has 3 N–H and O–H groups in total. The predicted molar refractivity (Wildman–Crippen MR) is 78.8 cm³/mol. The number of carbonyl (C=O) groups is 1. The summed E-state index contributed by atoms with van der Waals surface area (Å²) in [5, 5.41) is 3.13. The van der Waals surface area contributed by atoms with Gasteiger partial charge in [-0.25, -0.2) is 0 Å². The Morgan fingerprint density at radius 1 is 1.37 bits per heavy atom. The van der Waals surface area contributed by atoms with Crippen molar-refractivity contribution in [3.05, 3.63) is 0 Å². The molecule has 19 heavy (non-hydrogen) atoms. The van der Waals surface area contributed by atoms with Gasteiger partial charge in [-0.05, 0) is 45.4 Å². The Morgan fingerprint density at radius 2 is 2.00 bits per heavy atom. The third-order valence-corrected chi connectivity index (χ3v) is 4.72. The van der Waals surface area contributed by atoms with Gasteiger partial charge in [-0.1, -0.05) is 19.1 Å². The van der Waals surface area contributed by atoms with E-state index in [-0.39, 0.29) is 17.6 Å². The Balaban J connectivity index is 1.99. The quantitative estimate of drug-likeness (QED) is 0.775. The zero-order valence-corrected chi connectivity index (χ0v) is 12.8. The van der Waals surface area contributed by atoms with Gasteiger partial charge < -0.3 is 15.8 Å². The molecule has 108 valence electrons. The monoisotopic (exact) mass is 284 g/mol. The fraction of sp³-hybridized carbons (Fsp3) is 0.857. The number of carbonyl (C=O) groups excluding carboxylic acids is 1. The molecule has 0 spiro atoms. The number of hydrogen-bond donors (Lipinski definition) is 2. The molecule has 2 aliphatic rings. The molecule has 1 aliphatic carbocycles. The van der Waals surface area contributed by atoms with Crippen molar-refractivity contribution in [1.29, 1.82) is 0 Å². The van der Waals surface area contributed by atoms with Gasteiger partial charge >= 0.3 is 0 Å². The van der Waals surface area contributed by atoms with Gasteiger partial charge in [-0.3, -0.25) is 4.79 Å². The molecule has 0 radical (unpaired) electrons. The number of hydrogen-bond acceptors (Lipinski definition) is 3. The molecule has 1 amide bonds. The van der Waals surface area contributed by atoms with Crippen molar-refractivity contribution in [3.63, 3.8) is 0 Å². The van der Waals surface area contributed by atoms with Crippen LogP contribution in [-0.2, 0) is 9.53 Å². The average molecular weight is 284 g/mol. The van der Waals surface area contributed by atoms with Gasteiger partial charge in [-0.2, -0.15) is 0 Å². The molecule has 1 saturated heterocycles. The summed E-state index contributed by atoms with van der Waals surface area (Å²) in [6.45, 7) is 6.93. The molecule has 0 aromatic rings. The molecule has 0 bridgehead atoms. The molecular weight excluding hydrogens is 260 g/mol. The van der Waals surface area contributed by atoms with Gasteiger partial charge in [0, 0.05) is 12.6 Å². The van der Waals surface area contributed by atoms with Crippen molar-refractivity contribution in [2.24, 2.45) is 17.1 Å². The lowest BCUT2D eigenvalue weighted by Crippen LogP contribution is -2.58. The van der Waals surface area contributed by atoms with Crippen molar-refractivity contribution >= 4 is 23.1 Å². The topological polar surface area (TPSA) is 64.3 Å². The van der Waals surface area contributed by atoms with Gasteiger partial charge in [0.25, 0.3) is 0 Å². The summed E-state index contributed by atoms with van der Waals surface area (Å²) >= 11 is 5.12. The molecular formula is C14H24N2O2S. The average Bonchev–Trinajstić information content (AvgIpc) is 2.22. The summed E-state index contributed by atoms with van der Waals surface area (Å²) in [5.74, 6) is 0.541. The highest BCUT2D eigenvalue weighted by Gasteiger charge is 2.51. The van der Waals surface area contributed by atoms with Crippen LogP contribution in [0, 0.1) is 11.3 Å². The Kier molecular flexibility index (Phi) is 3.89. The molecule has 1 aliphatic heterocycles. The van der Waals surface area contributed by atoms with E-state index in [1.807, 2.05) is 0 Å². The van der Waals surface area contributed by atoms with E-state index >= 15 is 0 Å². The number of rotatable bonds is 3. The lowest BCUT2D eigenvalue weighted by Gasteiger charge is -2.45. The zero-order chi connectivity index (χ0) is 14.3. The van der Waals surface area contributed by atoms with Gasteiger partial charge in [0.15, 0.2) is 0 Å². The number of amides is 1. The van der Waals surface area contributed by atoms with Crippen molar-refractivity contribution in [3.8, 4) is 0 Å². The van der Waals surface area contributed by atoms with Crippen LogP contribution in [-0.4, -0.2) is 29.1 Å². The van der Waals surface area contributed by atoms with E-state index in [4.69, 9.17) is 22.7 Å². The first kappa shape index (κ1) is 14.7. The molecule has 4 nitrogen and oxygen atoms in total. The summed E-state index contributed by atoms with van der Waals surface area (Å²) in [4.78, 5) is 12.8. The molecule has 5 heteroatoms. The molecule has 2 rings (SSSR count). The van der Waals surface area contributed by atoms with Crippen LogP contribution in [0.15, 0.2) is 0 Å². The maximum Gasteiger partial charge on any atom is 0.233 e. The summed E-state index contributed by atoms with van der Waals surface area (Å²) in [6, 6.07) is 0.165. The van der Waals surface area contributed by atoms with Crippen LogP contribution >= 0.6 is 12.2 Å². The molecule has 1 saturated carbocycles. The number of ether oxygens (including phenoxy) is 1. The maximum absolute atomic E-state index is 12.5. The van der Waals surface area contributed by atoms with Crippen LogP contribution in [0.1, 0.15) is 46.5 Å². The standard InChI is InChI=1S/C14H24N2O2S/c1-9-6-14(7-9,11(15)19)12(17)16-10-4-5-18-13(2,3)8-10/h9-10H,4-8H2,1-3H3,(H2,15,19)(H,16,17). The molecule has 1 heterocycles. The predicted octanol–water partition coefficient (Wildman–Crippen LogP) is 1.76. The molecule has 1 atom stereocenters. The van der Waals surface area contributed by atoms with Crippen LogP contribution < -0.4 is 11.1 Å². The van der Waals surface area contributed by atoms with Crippen LogP contribution in [0.2, 0.25) is 0 Å². The summed E-state index contributed by atoms with van der Waals surface area (Å²) in [6.07, 6.45) is 3.25. The Bertz CT molecular complexity index is 389. The fourth-order valence-electron chi connectivity index (χ4n) is 3.31. The van der Waals surface area contributed by atoms with Crippen molar-refractivity contribution in [2.75, 3.05) is 6.61 Å². The highest BCUT2D eigenvalue weighted by Crippen LogP contribution is 2.46. The van der Waals surface area contributed by atoms with E-state index in [1.54, 1.807) is 0 Å². The first-order chi connectivity index (χ1) is 8.75. The third-order valence-electron chi connectivity index (χ3n) is 4.33. The van der Waals surface area contributed by atoms with E-state index in [0.29, 0.717) is 17.5 Å². The van der Waals surface area contributed by atoms with Crippen molar-refractivity contribution in [2.45, 2.75) is 58.1 Å². The largest absolute Gasteiger partial charge is 0.392 e. The second-order valence-corrected chi connectivity index (χ2v) is 7.17. The minimum atomic E-state index is -0.600. The Morgan fingerprint density at radius 3 is 2.47 bits per heavy atom. The van der Waals surface area contributed by atoms with Gasteiger partial charge in [0.05, 0.1) is 16.0 Å². The van der Waals surface area contributed by atoms with Crippen LogP contribution in [0.4, 0.5) is 0 Å². The molecule has 2 fully saturated rings. The summed E-state index contributed by atoms with van der Waals surface area (Å²) in [5.41, 5.74) is 5.03. The molecule has 1 unspecified atom stereocenters. The third kappa shape index (κ3) is 2.92. The first-order valence-corrected chi connectivity index (χ1v) is 7.41. The summed E-state index contributed by atoms with van der Waals surface area (Å²) < 4.78 is 5.67. The zero-order valence-electron chi connectivity index (χ0n) is 12.0. The number of nitrogens with one attached hydrogen (secondary N) is 1. The van der Waals surface area contributed by atoms with E-state index in [0.717, 1.165) is 25.7 Å². The van der Waals surface area contributed by atoms with E-state index < -0.39 is 5.41 Å².